The van der Waals surface area contributed by atoms with Crippen molar-refractivity contribution in [2.45, 2.75) is 66.0 Å². The van der Waals surface area contributed by atoms with Crippen LogP contribution in [0.25, 0.3) is 0 Å². The molecular formula is C18H29NO. The maximum Gasteiger partial charge on any atom is 0.120 e. The van der Waals surface area contributed by atoms with Crippen LogP contribution in [-0.4, -0.2) is 12.1 Å². The van der Waals surface area contributed by atoms with Crippen molar-refractivity contribution in [1.29, 1.82) is 0 Å². The molecule has 1 saturated carbocycles. The van der Waals surface area contributed by atoms with Crippen LogP contribution in [0.5, 0.6) is 5.75 Å². The fourth-order valence-corrected chi connectivity index (χ4v) is 3.25. The second-order valence-electron chi connectivity index (χ2n) is 7.52. The van der Waals surface area contributed by atoms with Crippen LogP contribution in [0.1, 0.15) is 51.2 Å². The fourth-order valence-electron chi connectivity index (χ4n) is 3.25. The van der Waals surface area contributed by atoms with E-state index >= 15 is 0 Å². The number of ether oxygens (including phenoxy) is 1. The Hall–Kier alpha value is -1.02. The van der Waals surface area contributed by atoms with Crippen molar-refractivity contribution in [2.75, 3.05) is 0 Å². The minimum atomic E-state index is 0.147. The summed E-state index contributed by atoms with van der Waals surface area (Å²) < 4.78 is 6.23. The van der Waals surface area contributed by atoms with Gasteiger partial charge in [-0.25, -0.2) is 0 Å². The van der Waals surface area contributed by atoms with Gasteiger partial charge in [0.15, 0.2) is 0 Å². The fraction of sp³-hybridized carbons (Fsp3) is 0.667. The first-order valence-corrected chi connectivity index (χ1v) is 7.76. The van der Waals surface area contributed by atoms with Crippen molar-refractivity contribution in [3.05, 3.63) is 29.3 Å². The lowest BCUT2D eigenvalue weighted by Gasteiger charge is -2.40. The lowest BCUT2D eigenvalue weighted by molar-refractivity contribution is 0.0591. The molecule has 2 nitrogen and oxygen atoms in total. The van der Waals surface area contributed by atoms with Crippen molar-refractivity contribution in [3.63, 3.8) is 0 Å². The van der Waals surface area contributed by atoms with Gasteiger partial charge in [0, 0.05) is 6.04 Å². The van der Waals surface area contributed by atoms with Crippen LogP contribution >= 0.6 is 0 Å². The quantitative estimate of drug-likeness (QED) is 0.877. The molecule has 2 N–H and O–H groups in total. The van der Waals surface area contributed by atoms with Crippen LogP contribution in [-0.2, 0) is 0 Å². The highest BCUT2D eigenvalue weighted by molar-refractivity contribution is 5.33. The SMILES string of the molecule is Cc1cc(C)cc(OC2CC(C(C)(C)C)CCC2N)c1. The van der Waals surface area contributed by atoms with E-state index in [4.69, 9.17) is 10.5 Å². The number of nitrogens with two attached hydrogens (primary N) is 1. The van der Waals surface area contributed by atoms with Crippen LogP contribution in [0.2, 0.25) is 0 Å². The third-order valence-corrected chi connectivity index (χ3v) is 4.55. The van der Waals surface area contributed by atoms with Gasteiger partial charge in [-0.15, -0.1) is 0 Å². The standard InChI is InChI=1S/C18H29NO/c1-12-8-13(2)10-15(9-12)20-17-11-14(18(3,4)5)6-7-16(17)19/h8-10,14,16-17H,6-7,11,19H2,1-5H3. The average Bonchev–Trinajstić information content (AvgIpc) is 2.29. The predicted octanol–water partition coefficient (Wildman–Crippen LogP) is 4.22. The highest BCUT2D eigenvalue weighted by Crippen LogP contribution is 2.38. The van der Waals surface area contributed by atoms with Crippen LogP contribution in [0.4, 0.5) is 0 Å². The maximum atomic E-state index is 6.28. The molecule has 0 aliphatic heterocycles. The number of rotatable bonds is 2. The first kappa shape index (κ1) is 15.4. The molecule has 3 unspecified atom stereocenters. The summed E-state index contributed by atoms with van der Waals surface area (Å²) in [5.74, 6) is 1.66. The van der Waals surface area contributed by atoms with Gasteiger partial charge < -0.3 is 10.5 Å². The molecule has 1 fully saturated rings. The number of aryl methyl sites for hydroxylation is 2. The van der Waals surface area contributed by atoms with E-state index in [0.29, 0.717) is 11.3 Å². The zero-order valence-corrected chi connectivity index (χ0v) is 13.6. The summed E-state index contributed by atoms with van der Waals surface area (Å²) in [6.07, 6.45) is 3.50. The molecule has 0 aromatic heterocycles. The van der Waals surface area contributed by atoms with Crippen molar-refractivity contribution in [1.82, 2.24) is 0 Å². The number of benzene rings is 1. The summed E-state index contributed by atoms with van der Waals surface area (Å²) in [5, 5.41) is 0. The predicted molar refractivity (Wildman–Crippen MR) is 85.1 cm³/mol. The average molecular weight is 275 g/mol. The Balaban J connectivity index is 2.10. The van der Waals surface area contributed by atoms with Gasteiger partial charge in [-0.3, -0.25) is 0 Å². The molecular weight excluding hydrogens is 246 g/mol. The van der Waals surface area contributed by atoms with Crippen LogP contribution < -0.4 is 10.5 Å². The van der Waals surface area contributed by atoms with Crippen molar-refractivity contribution >= 4 is 0 Å². The summed E-state index contributed by atoms with van der Waals surface area (Å²) in [7, 11) is 0. The molecule has 0 spiro atoms. The van der Waals surface area contributed by atoms with E-state index in [2.05, 4.69) is 52.8 Å². The van der Waals surface area contributed by atoms with Gasteiger partial charge in [0.1, 0.15) is 11.9 Å². The van der Waals surface area contributed by atoms with Gasteiger partial charge in [0.2, 0.25) is 0 Å². The van der Waals surface area contributed by atoms with Crippen molar-refractivity contribution in [3.8, 4) is 5.75 Å². The second kappa shape index (κ2) is 5.77. The van der Waals surface area contributed by atoms with Crippen LogP contribution in [0.15, 0.2) is 18.2 Å². The highest BCUT2D eigenvalue weighted by atomic mass is 16.5. The lowest BCUT2D eigenvalue weighted by Crippen LogP contribution is -2.46. The Labute approximate surface area is 123 Å². The lowest BCUT2D eigenvalue weighted by atomic mass is 9.70. The Morgan fingerprint density at radius 1 is 1.05 bits per heavy atom. The van der Waals surface area contributed by atoms with E-state index in [1.165, 1.54) is 17.5 Å². The van der Waals surface area contributed by atoms with Gasteiger partial charge in [-0.1, -0.05) is 26.8 Å². The topological polar surface area (TPSA) is 35.2 Å². The van der Waals surface area contributed by atoms with Crippen molar-refractivity contribution < 1.29 is 4.74 Å². The Morgan fingerprint density at radius 2 is 1.65 bits per heavy atom. The molecule has 20 heavy (non-hydrogen) atoms. The maximum absolute atomic E-state index is 6.28. The Morgan fingerprint density at radius 3 is 2.20 bits per heavy atom. The first-order chi connectivity index (χ1) is 9.25. The highest BCUT2D eigenvalue weighted by Gasteiger charge is 2.35. The molecule has 1 aliphatic carbocycles. The summed E-state index contributed by atoms with van der Waals surface area (Å²) in [5.41, 5.74) is 9.11. The van der Waals surface area contributed by atoms with E-state index in [0.717, 1.165) is 18.6 Å². The van der Waals surface area contributed by atoms with E-state index in [1.807, 2.05) is 0 Å². The van der Waals surface area contributed by atoms with E-state index in [9.17, 15) is 0 Å². The molecule has 1 aromatic rings. The van der Waals surface area contributed by atoms with E-state index in [1.54, 1.807) is 0 Å². The molecule has 3 atom stereocenters. The number of hydrogen-bond acceptors (Lipinski definition) is 2. The van der Waals surface area contributed by atoms with E-state index in [-0.39, 0.29) is 12.1 Å². The third-order valence-electron chi connectivity index (χ3n) is 4.55. The van der Waals surface area contributed by atoms with Crippen molar-refractivity contribution in [2.24, 2.45) is 17.1 Å². The largest absolute Gasteiger partial charge is 0.489 e. The number of hydrogen-bond donors (Lipinski definition) is 1. The summed E-state index contributed by atoms with van der Waals surface area (Å²) in [6.45, 7) is 11.2. The molecule has 0 radical (unpaired) electrons. The molecule has 2 heteroatoms. The van der Waals surface area contributed by atoms with Crippen LogP contribution in [0, 0.1) is 25.2 Å². The minimum Gasteiger partial charge on any atom is -0.489 e. The normalized spacial score (nSPS) is 27.4. The van der Waals surface area contributed by atoms with Gasteiger partial charge in [0.25, 0.3) is 0 Å². The Bertz CT molecular complexity index is 441. The van der Waals surface area contributed by atoms with E-state index < -0.39 is 0 Å². The summed E-state index contributed by atoms with van der Waals surface area (Å²) in [6, 6.07) is 6.56. The molecule has 2 rings (SSSR count). The summed E-state index contributed by atoms with van der Waals surface area (Å²) >= 11 is 0. The molecule has 0 amide bonds. The first-order valence-electron chi connectivity index (χ1n) is 7.76. The van der Waals surface area contributed by atoms with Crippen LogP contribution in [0.3, 0.4) is 0 Å². The molecule has 0 heterocycles. The summed E-state index contributed by atoms with van der Waals surface area (Å²) in [4.78, 5) is 0. The molecule has 0 bridgehead atoms. The Kier molecular flexibility index (Phi) is 4.43. The molecule has 0 saturated heterocycles. The van der Waals surface area contributed by atoms with Gasteiger partial charge in [0.05, 0.1) is 0 Å². The zero-order valence-electron chi connectivity index (χ0n) is 13.6. The van der Waals surface area contributed by atoms with Gasteiger partial charge >= 0.3 is 0 Å². The minimum absolute atomic E-state index is 0.147. The smallest absolute Gasteiger partial charge is 0.120 e. The third kappa shape index (κ3) is 3.76. The second-order valence-corrected chi connectivity index (χ2v) is 7.52. The molecule has 1 aromatic carbocycles. The molecule has 1 aliphatic rings. The van der Waals surface area contributed by atoms with Gasteiger partial charge in [-0.2, -0.15) is 0 Å². The zero-order chi connectivity index (χ0) is 14.9. The monoisotopic (exact) mass is 275 g/mol. The van der Waals surface area contributed by atoms with Gasteiger partial charge in [-0.05, 0) is 67.7 Å². The molecule has 112 valence electrons.